The maximum Gasteiger partial charge on any atom is 0.209 e. The molecule has 1 N–H and O–H groups in total. The number of fused-ring (bicyclic) bond motifs is 2. The van der Waals surface area contributed by atoms with E-state index in [1.807, 2.05) is 0 Å². The molecule has 3 aliphatic rings. The number of nitrogens with zero attached hydrogens (tertiary/aromatic N) is 2. The highest BCUT2D eigenvalue weighted by Crippen LogP contribution is 2.48. The van der Waals surface area contributed by atoms with Crippen molar-refractivity contribution >= 4 is 17.1 Å². The summed E-state index contributed by atoms with van der Waals surface area (Å²) in [5, 5.41) is 9.29. The molecule has 4 nitrogen and oxygen atoms in total. The number of ether oxygens (including phenoxy) is 1. The van der Waals surface area contributed by atoms with Crippen LogP contribution in [0.15, 0.2) is 120 Å². The molecule has 1 aliphatic carbocycles. The van der Waals surface area contributed by atoms with Gasteiger partial charge >= 0.3 is 0 Å². The van der Waals surface area contributed by atoms with Crippen LogP contribution in [0, 0.1) is 0 Å². The second-order valence-corrected chi connectivity index (χ2v) is 14.0. The third-order valence-electron chi connectivity index (χ3n) is 10.4. The molecule has 4 heteroatoms. The van der Waals surface area contributed by atoms with Gasteiger partial charge in [0.15, 0.2) is 5.71 Å². The molecule has 0 spiro atoms. The molecular weight excluding hydrogens is 576 g/mol. The van der Waals surface area contributed by atoms with E-state index in [1.165, 1.54) is 50.6 Å². The van der Waals surface area contributed by atoms with Crippen LogP contribution in [0.25, 0.3) is 0 Å². The molecule has 2 aliphatic heterocycles. The summed E-state index contributed by atoms with van der Waals surface area (Å²) in [6.07, 6.45) is 14.0. The predicted molar refractivity (Wildman–Crippen MR) is 196 cm³/mol. The van der Waals surface area contributed by atoms with E-state index in [2.05, 4.69) is 148 Å². The lowest BCUT2D eigenvalue weighted by Crippen LogP contribution is -2.27. The molecule has 244 valence electrons. The van der Waals surface area contributed by atoms with E-state index in [4.69, 9.17) is 4.74 Å². The number of hydrogen-bond acceptors (Lipinski definition) is 3. The normalized spacial score (nSPS) is 20.1. The Bertz CT molecular complexity index is 1780. The van der Waals surface area contributed by atoms with Gasteiger partial charge in [-0.2, -0.15) is 4.58 Å². The lowest BCUT2D eigenvalue weighted by Gasteiger charge is -2.26. The average Bonchev–Trinajstić information content (AvgIpc) is 3.44. The number of aliphatic hydroxyl groups is 1. The van der Waals surface area contributed by atoms with Crippen LogP contribution in [-0.2, 0) is 17.3 Å². The summed E-state index contributed by atoms with van der Waals surface area (Å²) in [4.78, 5) is 2.46. The Morgan fingerprint density at radius 3 is 2.28 bits per heavy atom. The summed E-state index contributed by atoms with van der Waals surface area (Å²) in [5.74, 6) is 1.82. The fraction of sp³-hybridized carbons (Fsp3) is 0.372. The van der Waals surface area contributed by atoms with E-state index in [1.54, 1.807) is 0 Å². The minimum atomic E-state index is -0.0838. The standard InChI is InChI=1S/C43H51N2O2/c1-7-44-37-20-11-9-18-35(37)42(3,4)39(44)28-24-32-16-13-17-33(41(32)47-34-26-22-31(23-27-34)15-14-30-46)25-29-40-43(5,6)36-19-10-12-21-38(36)45(40)8-2/h9-12,18-29,46H,7-8,13-17,30H2,1-6H3/q+1. The first-order valence-electron chi connectivity index (χ1n) is 17.5. The highest BCUT2D eigenvalue weighted by molar-refractivity contribution is 6.03. The molecule has 0 aromatic heterocycles. The van der Waals surface area contributed by atoms with Crippen molar-refractivity contribution in [3.8, 4) is 5.75 Å². The molecular formula is C43H51N2O2+. The molecule has 0 saturated carbocycles. The van der Waals surface area contributed by atoms with E-state index < -0.39 is 0 Å². The smallest absolute Gasteiger partial charge is 0.209 e. The van der Waals surface area contributed by atoms with Crippen molar-refractivity contribution in [2.75, 3.05) is 24.6 Å². The van der Waals surface area contributed by atoms with E-state index >= 15 is 0 Å². The number of aryl methyl sites for hydroxylation is 1. The highest BCUT2D eigenvalue weighted by atomic mass is 16.5. The first-order valence-corrected chi connectivity index (χ1v) is 17.5. The summed E-state index contributed by atoms with van der Waals surface area (Å²) in [7, 11) is 0. The minimum absolute atomic E-state index is 0.0838. The molecule has 2 heterocycles. The zero-order chi connectivity index (χ0) is 33.2. The number of anilines is 1. The Morgan fingerprint density at radius 1 is 0.830 bits per heavy atom. The van der Waals surface area contributed by atoms with Gasteiger partial charge in [0.25, 0.3) is 0 Å². The number of para-hydroxylation sites is 2. The van der Waals surface area contributed by atoms with Gasteiger partial charge < -0.3 is 14.7 Å². The predicted octanol–water partition coefficient (Wildman–Crippen LogP) is 9.71. The summed E-state index contributed by atoms with van der Waals surface area (Å²) in [6.45, 7) is 15.9. The third-order valence-corrected chi connectivity index (χ3v) is 10.4. The van der Waals surface area contributed by atoms with Gasteiger partial charge in [0.1, 0.15) is 18.1 Å². The van der Waals surface area contributed by atoms with Gasteiger partial charge in [-0.3, -0.25) is 0 Å². The van der Waals surface area contributed by atoms with Crippen LogP contribution in [0.4, 0.5) is 11.4 Å². The minimum Gasteiger partial charge on any atom is -0.457 e. The fourth-order valence-corrected chi connectivity index (χ4v) is 7.80. The molecule has 3 aromatic carbocycles. The van der Waals surface area contributed by atoms with Crippen molar-refractivity contribution in [1.29, 1.82) is 0 Å². The van der Waals surface area contributed by atoms with Gasteiger partial charge in [0, 0.05) is 47.7 Å². The van der Waals surface area contributed by atoms with Crippen molar-refractivity contribution in [3.63, 3.8) is 0 Å². The van der Waals surface area contributed by atoms with Gasteiger partial charge in [0.2, 0.25) is 5.69 Å². The van der Waals surface area contributed by atoms with E-state index in [0.717, 1.165) is 56.7 Å². The number of hydrogen-bond donors (Lipinski definition) is 1. The molecule has 47 heavy (non-hydrogen) atoms. The second-order valence-electron chi connectivity index (χ2n) is 14.0. The highest BCUT2D eigenvalue weighted by Gasteiger charge is 2.43. The number of likely N-dealkylation sites (N-methyl/N-ethyl adjacent to an activating group) is 1. The largest absolute Gasteiger partial charge is 0.457 e. The van der Waals surface area contributed by atoms with Crippen molar-refractivity contribution in [2.45, 2.75) is 84.5 Å². The number of aliphatic hydroxyl groups excluding tert-OH is 1. The van der Waals surface area contributed by atoms with Crippen molar-refractivity contribution in [2.24, 2.45) is 0 Å². The number of allylic oxidation sites excluding steroid dienone is 7. The Labute approximate surface area is 282 Å². The maximum absolute atomic E-state index is 9.29. The number of benzene rings is 3. The van der Waals surface area contributed by atoms with Crippen molar-refractivity contribution in [3.05, 3.63) is 136 Å². The van der Waals surface area contributed by atoms with Crippen LogP contribution in [0.3, 0.4) is 0 Å². The Morgan fingerprint density at radius 2 is 1.55 bits per heavy atom. The van der Waals surface area contributed by atoms with Crippen LogP contribution in [0.1, 0.15) is 83.9 Å². The van der Waals surface area contributed by atoms with Gasteiger partial charge in [-0.05, 0) is 112 Å². The van der Waals surface area contributed by atoms with Crippen molar-refractivity contribution in [1.82, 2.24) is 0 Å². The Balaban J connectivity index is 1.42. The summed E-state index contributed by atoms with van der Waals surface area (Å²) in [5.41, 5.74) is 11.5. The van der Waals surface area contributed by atoms with Crippen molar-refractivity contribution < 1.29 is 14.4 Å². The van der Waals surface area contributed by atoms with Gasteiger partial charge in [-0.15, -0.1) is 0 Å². The van der Waals surface area contributed by atoms with Crippen LogP contribution >= 0.6 is 0 Å². The first kappa shape index (κ1) is 32.8. The first-order chi connectivity index (χ1) is 22.7. The monoisotopic (exact) mass is 627 g/mol. The summed E-state index contributed by atoms with van der Waals surface area (Å²) >= 11 is 0. The van der Waals surface area contributed by atoms with Gasteiger partial charge in [-0.1, -0.05) is 68.5 Å². The van der Waals surface area contributed by atoms with E-state index in [9.17, 15) is 5.11 Å². The lowest BCUT2D eigenvalue weighted by atomic mass is 9.81. The average molecular weight is 628 g/mol. The fourth-order valence-electron chi connectivity index (χ4n) is 7.80. The molecule has 6 rings (SSSR count). The lowest BCUT2D eigenvalue weighted by molar-refractivity contribution is -0.433. The molecule has 0 bridgehead atoms. The second kappa shape index (κ2) is 13.5. The molecule has 3 aromatic rings. The Hall–Kier alpha value is -4.15. The number of rotatable bonds is 10. The Kier molecular flexibility index (Phi) is 9.43. The third kappa shape index (κ3) is 6.16. The SMILES string of the molecule is CCN1/C(=C/C=C2\CCCC(/C=C/C3=[N+](CC)c4ccccc4C3(C)C)=C2Oc2ccc(CCCO)cc2)C(C)(C)c2ccccc21. The molecule has 0 fully saturated rings. The van der Waals surface area contributed by atoms with Crippen LogP contribution < -0.4 is 9.64 Å². The molecule has 0 radical (unpaired) electrons. The molecule has 0 unspecified atom stereocenters. The maximum atomic E-state index is 9.29. The zero-order valence-electron chi connectivity index (χ0n) is 29.1. The van der Waals surface area contributed by atoms with Crippen LogP contribution in [0.5, 0.6) is 5.75 Å². The van der Waals surface area contributed by atoms with Crippen LogP contribution in [-0.4, -0.2) is 35.1 Å². The van der Waals surface area contributed by atoms with Gasteiger partial charge in [0.05, 0.1) is 5.41 Å². The molecule has 0 amide bonds. The van der Waals surface area contributed by atoms with E-state index in [-0.39, 0.29) is 17.4 Å². The summed E-state index contributed by atoms with van der Waals surface area (Å²) in [6, 6.07) is 26.0. The molecule has 0 saturated heterocycles. The quantitative estimate of drug-likeness (QED) is 0.227. The topological polar surface area (TPSA) is 35.7 Å². The van der Waals surface area contributed by atoms with Crippen LogP contribution in [0.2, 0.25) is 0 Å². The zero-order valence-corrected chi connectivity index (χ0v) is 29.1. The van der Waals surface area contributed by atoms with Gasteiger partial charge in [-0.25, -0.2) is 0 Å². The van der Waals surface area contributed by atoms with E-state index in [0.29, 0.717) is 0 Å². The summed E-state index contributed by atoms with van der Waals surface area (Å²) < 4.78 is 9.31. The molecule has 0 atom stereocenters.